The third-order valence-corrected chi connectivity index (χ3v) is 5.04. The van der Waals surface area contributed by atoms with Crippen molar-refractivity contribution in [1.29, 1.82) is 0 Å². The largest absolute Gasteiger partial charge is 0.373 e. The zero-order valence-electron chi connectivity index (χ0n) is 17.0. The fourth-order valence-electron chi connectivity index (χ4n) is 3.46. The number of nitrogens with zero attached hydrogens (tertiary/aromatic N) is 2. The third kappa shape index (κ3) is 5.17. The summed E-state index contributed by atoms with van der Waals surface area (Å²) in [5.41, 5.74) is 1.46. The van der Waals surface area contributed by atoms with Crippen molar-refractivity contribution in [2.45, 2.75) is 59.3 Å². The molecule has 1 fully saturated rings. The van der Waals surface area contributed by atoms with E-state index in [0.717, 1.165) is 18.7 Å². The average Bonchev–Trinajstić information content (AvgIpc) is 2.55. The number of rotatable bonds is 5. The fourth-order valence-corrected chi connectivity index (χ4v) is 3.46. The van der Waals surface area contributed by atoms with Crippen molar-refractivity contribution in [2.24, 2.45) is 0 Å². The maximum absolute atomic E-state index is 12.4. The highest BCUT2D eigenvalue weighted by molar-refractivity contribution is 5.91. The molecule has 0 aliphatic carbocycles. The van der Waals surface area contributed by atoms with Crippen LogP contribution in [0.3, 0.4) is 0 Å². The van der Waals surface area contributed by atoms with E-state index in [1.165, 1.54) is 6.07 Å². The van der Waals surface area contributed by atoms with Gasteiger partial charge in [0.25, 0.3) is 5.69 Å². The Morgan fingerprint density at radius 1 is 1.30 bits per heavy atom. The monoisotopic (exact) mass is 378 g/mol. The van der Waals surface area contributed by atoms with Gasteiger partial charge in [-0.3, -0.25) is 15.0 Å². The Labute approximate surface area is 160 Å². The predicted octanol–water partition coefficient (Wildman–Crippen LogP) is 3.22. The van der Waals surface area contributed by atoms with Crippen molar-refractivity contribution in [3.8, 4) is 0 Å². The SMILES string of the molecule is Cc1ccc([N+](=O)[O-])c(C)c1NC(=O)NCC(C)(C)N1CC(C)OC(C)C1. The van der Waals surface area contributed by atoms with Crippen LogP contribution in [0.2, 0.25) is 0 Å². The number of benzene rings is 1. The molecule has 2 rings (SSSR count). The van der Waals surface area contributed by atoms with Crippen molar-refractivity contribution >= 4 is 17.4 Å². The molecule has 1 aliphatic heterocycles. The molecule has 8 nitrogen and oxygen atoms in total. The van der Waals surface area contributed by atoms with Crippen LogP contribution in [0.25, 0.3) is 0 Å². The van der Waals surface area contributed by atoms with Crippen molar-refractivity contribution in [3.63, 3.8) is 0 Å². The van der Waals surface area contributed by atoms with Gasteiger partial charge >= 0.3 is 6.03 Å². The molecule has 1 aromatic rings. The van der Waals surface area contributed by atoms with Crippen LogP contribution in [0.5, 0.6) is 0 Å². The van der Waals surface area contributed by atoms with E-state index < -0.39 is 4.92 Å². The number of anilines is 1. The number of nitro benzene ring substituents is 1. The first-order valence-corrected chi connectivity index (χ1v) is 9.21. The number of morpholine rings is 1. The molecule has 2 atom stereocenters. The molecule has 1 aromatic carbocycles. The predicted molar refractivity (Wildman–Crippen MR) is 105 cm³/mol. The molecule has 1 saturated heterocycles. The first kappa shape index (κ1) is 21.1. The summed E-state index contributed by atoms with van der Waals surface area (Å²) in [6, 6.07) is 2.72. The minimum atomic E-state index is -0.443. The highest BCUT2D eigenvalue weighted by Gasteiger charge is 2.33. The van der Waals surface area contributed by atoms with E-state index in [1.807, 2.05) is 20.8 Å². The van der Waals surface area contributed by atoms with Gasteiger partial charge in [-0.05, 0) is 47.1 Å². The Morgan fingerprint density at radius 2 is 1.89 bits per heavy atom. The molecule has 0 saturated carbocycles. The molecule has 0 spiro atoms. The number of urea groups is 1. The van der Waals surface area contributed by atoms with Crippen molar-refractivity contribution in [3.05, 3.63) is 33.4 Å². The van der Waals surface area contributed by atoms with Crippen LogP contribution in [0.4, 0.5) is 16.2 Å². The summed E-state index contributed by atoms with van der Waals surface area (Å²) in [6.07, 6.45) is 0.300. The molecule has 27 heavy (non-hydrogen) atoms. The standard InChI is InChI=1S/C19H30N4O4/c1-12-7-8-16(23(25)26)15(4)17(12)21-18(24)20-11-19(5,6)22-9-13(2)27-14(3)10-22/h7-8,13-14H,9-11H2,1-6H3,(H2,20,21,24). The number of hydrogen-bond acceptors (Lipinski definition) is 5. The normalized spacial score (nSPS) is 21.0. The van der Waals surface area contributed by atoms with E-state index in [1.54, 1.807) is 13.0 Å². The number of ether oxygens (including phenoxy) is 1. The van der Waals surface area contributed by atoms with Gasteiger partial charge in [-0.1, -0.05) is 6.07 Å². The molecule has 0 bridgehead atoms. The van der Waals surface area contributed by atoms with Gasteiger partial charge in [0.2, 0.25) is 0 Å². The van der Waals surface area contributed by atoms with E-state index in [9.17, 15) is 14.9 Å². The number of hydrogen-bond donors (Lipinski definition) is 2. The second-order valence-corrected chi connectivity index (χ2v) is 7.94. The smallest absolute Gasteiger partial charge is 0.319 e. The van der Waals surface area contributed by atoms with Gasteiger partial charge in [0.1, 0.15) is 0 Å². The first-order chi connectivity index (χ1) is 12.5. The minimum Gasteiger partial charge on any atom is -0.373 e. The van der Waals surface area contributed by atoms with E-state index in [2.05, 4.69) is 29.4 Å². The van der Waals surface area contributed by atoms with Crippen LogP contribution in [0.1, 0.15) is 38.8 Å². The van der Waals surface area contributed by atoms with Gasteiger partial charge in [-0.15, -0.1) is 0 Å². The maximum atomic E-state index is 12.4. The highest BCUT2D eigenvalue weighted by atomic mass is 16.6. The molecule has 1 aliphatic rings. The van der Waals surface area contributed by atoms with Gasteiger partial charge in [0.15, 0.2) is 0 Å². The zero-order chi connectivity index (χ0) is 20.4. The van der Waals surface area contributed by atoms with Gasteiger partial charge in [-0.2, -0.15) is 0 Å². The Kier molecular flexibility index (Phi) is 6.43. The van der Waals surface area contributed by atoms with Crippen LogP contribution in [-0.2, 0) is 4.74 Å². The summed E-state index contributed by atoms with van der Waals surface area (Å²) >= 11 is 0. The second-order valence-electron chi connectivity index (χ2n) is 7.94. The van der Waals surface area contributed by atoms with Gasteiger partial charge in [0, 0.05) is 31.2 Å². The molecular formula is C19H30N4O4. The number of amides is 2. The molecule has 1 heterocycles. The second kappa shape index (κ2) is 8.22. The molecule has 2 amide bonds. The summed E-state index contributed by atoms with van der Waals surface area (Å²) in [4.78, 5) is 25.4. The lowest BCUT2D eigenvalue weighted by molar-refractivity contribution is -0.385. The summed E-state index contributed by atoms with van der Waals surface area (Å²) in [5, 5.41) is 16.8. The maximum Gasteiger partial charge on any atom is 0.319 e. The lowest BCUT2D eigenvalue weighted by Gasteiger charge is -2.45. The Hall–Kier alpha value is -2.19. The molecule has 150 valence electrons. The topological polar surface area (TPSA) is 96.7 Å². The Bertz CT molecular complexity index is 710. The van der Waals surface area contributed by atoms with E-state index in [-0.39, 0.29) is 29.5 Å². The summed E-state index contributed by atoms with van der Waals surface area (Å²) < 4.78 is 5.78. The summed E-state index contributed by atoms with van der Waals surface area (Å²) in [7, 11) is 0. The minimum absolute atomic E-state index is 0.00692. The van der Waals surface area contributed by atoms with Gasteiger partial charge < -0.3 is 15.4 Å². The number of nitrogens with one attached hydrogen (secondary N) is 2. The van der Waals surface area contributed by atoms with Gasteiger partial charge in [0.05, 0.1) is 28.4 Å². The van der Waals surface area contributed by atoms with Crippen LogP contribution >= 0.6 is 0 Å². The van der Waals surface area contributed by atoms with Gasteiger partial charge in [-0.25, -0.2) is 4.79 Å². The van der Waals surface area contributed by atoms with Crippen LogP contribution < -0.4 is 10.6 Å². The van der Waals surface area contributed by atoms with Crippen LogP contribution in [-0.4, -0.2) is 53.2 Å². The molecule has 8 heteroatoms. The van der Waals surface area contributed by atoms with Crippen LogP contribution in [0, 0.1) is 24.0 Å². The van der Waals surface area contributed by atoms with E-state index >= 15 is 0 Å². The molecule has 2 N–H and O–H groups in total. The van der Waals surface area contributed by atoms with E-state index in [4.69, 9.17) is 4.74 Å². The van der Waals surface area contributed by atoms with Crippen molar-refractivity contribution in [2.75, 3.05) is 25.0 Å². The van der Waals surface area contributed by atoms with Crippen molar-refractivity contribution in [1.82, 2.24) is 10.2 Å². The zero-order valence-corrected chi connectivity index (χ0v) is 17.0. The quantitative estimate of drug-likeness (QED) is 0.606. The fraction of sp³-hybridized carbons (Fsp3) is 0.632. The molecular weight excluding hydrogens is 348 g/mol. The number of carbonyl (C=O) groups excluding carboxylic acids is 1. The summed E-state index contributed by atoms with van der Waals surface area (Å²) in [6.45, 7) is 13.8. The number of aryl methyl sites for hydroxylation is 1. The highest BCUT2D eigenvalue weighted by Crippen LogP contribution is 2.28. The van der Waals surface area contributed by atoms with Crippen LogP contribution in [0.15, 0.2) is 12.1 Å². The first-order valence-electron chi connectivity index (χ1n) is 9.21. The lowest BCUT2D eigenvalue weighted by atomic mass is 10.00. The Balaban J connectivity index is 2.02. The number of carbonyl (C=O) groups is 1. The van der Waals surface area contributed by atoms with Crippen molar-refractivity contribution < 1.29 is 14.5 Å². The average molecular weight is 378 g/mol. The molecule has 0 radical (unpaired) electrons. The lowest BCUT2D eigenvalue weighted by Crippen LogP contribution is -2.59. The molecule has 0 aromatic heterocycles. The number of nitro groups is 1. The molecule has 2 unspecified atom stereocenters. The van der Waals surface area contributed by atoms with E-state index in [0.29, 0.717) is 17.8 Å². The Morgan fingerprint density at radius 3 is 2.44 bits per heavy atom. The summed E-state index contributed by atoms with van der Waals surface area (Å²) in [5.74, 6) is 0. The third-order valence-electron chi connectivity index (χ3n) is 5.04.